The second-order valence-electron chi connectivity index (χ2n) is 6.57. The average molecular weight is 292 g/mol. The summed E-state index contributed by atoms with van der Waals surface area (Å²) in [7, 11) is 1.51. The summed E-state index contributed by atoms with van der Waals surface area (Å²) in [6.07, 6.45) is 2.56. The largest absolute Gasteiger partial charge is 0.494 e. The zero-order valence-electron chi connectivity index (χ0n) is 13.2. The van der Waals surface area contributed by atoms with E-state index in [1.165, 1.54) is 26.5 Å². The van der Waals surface area contributed by atoms with Crippen LogP contribution >= 0.6 is 0 Å². The molecule has 0 spiro atoms. The van der Waals surface area contributed by atoms with Crippen LogP contribution in [0.2, 0.25) is 0 Å². The van der Waals surface area contributed by atoms with Crippen LogP contribution in [0.25, 0.3) is 0 Å². The van der Waals surface area contributed by atoms with Crippen molar-refractivity contribution in [2.75, 3.05) is 31.6 Å². The van der Waals surface area contributed by atoms with Gasteiger partial charge in [0.05, 0.1) is 7.11 Å². The molecule has 0 amide bonds. The number of piperazine rings is 1. The molecule has 0 N–H and O–H groups in total. The molecule has 3 nitrogen and oxygen atoms in total. The molecule has 116 valence electrons. The first-order valence-electron chi connectivity index (χ1n) is 7.94. The van der Waals surface area contributed by atoms with Crippen LogP contribution < -0.4 is 9.64 Å². The maximum absolute atomic E-state index is 14.0. The molecule has 2 unspecified atom stereocenters. The molecule has 2 atom stereocenters. The molecule has 1 aromatic rings. The molecule has 2 fully saturated rings. The Balaban J connectivity index is 1.88. The Labute approximate surface area is 126 Å². The van der Waals surface area contributed by atoms with E-state index >= 15 is 0 Å². The van der Waals surface area contributed by atoms with Crippen molar-refractivity contribution in [1.82, 2.24) is 4.90 Å². The first-order chi connectivity index (χ1) is 10.1. The van der Waals surface area contributed by atoms with E-state index in [4.69, 9.17) is 4.74 Å². The smallest absolute Gasteiger partial charge is 0.167 e. The molecule has 2 saturated heterocycles. The molecular weight excluding hydrogens is 267 g/mol. The highest BCUT2D eigenvalue weighted by atomic mass is 19.1. The van der Waals surface area contributed by atoms with Gasteiger partial charge >= 0.3 is 0 Å². The third-order valence-electron chi connectivity index (χ3n) is 4.96. The molecule has 1 aromatic carbocycles. The maximum atomic E-state index is 14.0. The number of hydrogen-bond acceptors (Lipinski definition) is 3. The summed E-state index contributed by atoms with van der Waals surface area (Å²) in [5.74, 6) is 0.599. The maximum Gasteiger partial charge on any atom is 0.167 e. The van der Waals surface area contributed by atoms with Crippen LogP contribution in [-0.4, -0.2) is 43.7 Å². The fourth-order valence-electron chi connectivity index (χ4n) is 3.75. The van der Waals surface area contributed by atoms with Crippen molar-refractivity contribution in [2.45, 2.75) is 38.8 Å². The average Bonchev–Trinajstić information content (AvgIpc) is 2.93. The predicted octanol–water partition coefficient (Wildman–Crippen LogP) is 3.14. The van der Waals surface area contributed by atoms with Gasteiger partial charge in [-0.3, -0.25) is 4.90 Å². The van der Waals surface area contributed by atoms with E-state index in [0.29, 0.717) is 23.8 Å². The number of fused-ring (bicyclic) bond motifs is 1. The highest BCUT2D eigenvalue weighted by Gasteiger charge is 2.37. The van der Waals surface area contributed by atoms with E-state index in [9.17, 15) is 4.39 Å². The van der Waals surface area contributed by atoms with Gasteiger partial charge in [0.2, 0.25) is 0 Å². The molecule has 0 aromatic heterocycles. The second-order valence-corrected chi connectivity index (χ2v) is 6.57. The van der Waals surface area contributed by atoms with Gasteiger partial charge in [0, 0.05) is 36.9 Å². The topological polar surface area (TPSA) is 15.7 Å². The summed E-state index contributed by atoms with van der Waals surface area (Å²) in [6.45, 7) is 7.84. The molecule has 0 radical (unpaired) electrons. The summed E-state index contributed by atoms with van der Waals surface area (Å²) < 4.78 is 19.1. The first-order valence-corrected chi connectivity index (χ1v) is 7.94. The highest BCUT2D eigenvalue weighted by Crippen LogP contribution is 2.33. The Kier molecular flexibility index (Phi) is 4.07. The lowest BCUT2D eigenvalue weighted by Crippen LogP contribution is -2.58. The quantitative estimate of drug-likeness (QED) is 0.851. The van der Waals surface area contributed by atoms with Gasteiger partial charge in [0.25, 0.3) is 0 Å². The predicted molar refractivity (Wildman–Crippen MR) is 83.5 cm³/mol. The number of rotatable bonds is 3. The van der Waals surface area contributed by atoms with Gasteiger partial charge < -0.3 is 9.64 Å². The van der Waals surface area contributed by atoms with Gasteiger partial charge in [0.15, 0.2) is 11.6 Å². The van der Waals surface area contributed by atoms with Crippen molar-refractivity contribution in [1.29, 1.82) is 0 Å². The second kappa shape index (κ2) is 5.84. The molecule has 0 bridgehead atoms. The van der Waals surface area contributed by atoms with Crippen LogP contribution in [0.4, 0.5) is 10.1 Å². The van der Waals surface area contributed by atoms with Crippen LogP contribution in [0, 0.1) is 11.7 Å². The molecular formula is C17H25FN2O. The lowest BCUT2D eigenvalue weighted by atomic mass is 9.96. The van der Waals surface area contributed by atoms with Gasteiger partial charge in [-0.1, -0.05) is 13.8 Å². The lowest BCUT2D eigenvalue weighted by molar-refractivity contribution is 0.176. The van der Waals surface area contributed by atoms with Crippen molar-refractivity contribution < 1.29 is 9.13 Å². The van der Waals surface area contributed by atoms with Gasteiger partial charge in [-0.2, -0.15) is 0 Å². The fraction of sp³-hybridized carbons (Fsp3) is 0.647. The van der Waals surface area contributed by atoms with Gasteiger partial charge in [-0.05, 0) is 37.4 Å². The Bertz CT molecular complexity index is 506. The van der Waals surface area contributed by atoms with E-state index < -0.39 is 0 Å². The zero-order valence-corrected chi connectivity index (χ0v) is 13.2. The number of benzene rings is 1. The first kappa shape index (κ1) is 14.6. The Hall–Kier alpha value is -1.29. The van der Waals surface area contributed by atoms with E-state index in [1.807, 2.05) is 6.07 Å². The standard InChI is InChI=1S/C17H25FN2O/c1-12(2)16-11-19-8-4-5-14(19)10-20(16)13-6-7-17(21-3)15(18)9-13/h6-7,9,12,14,16H,4-5,8,10-11H2,1-3H3. The van der Waals surface area contributed by atoms with Crippen LogP contribution in [0.5, 0.6) is 5.75 Å². The number of nitrogens with zero attached hydrogens (tertiary/aromatic N) is 2. The molecule has 4 heteroatoms. The van der Waals surface area contributed by atoms with Crippen LogP contribution in [0.15, 0.2) is 18.2 Å². The minimum absolute atomic E-state index is 0.272. The molecule has 3 rings (SSSR count). The number of hydrogen-bond donors (Lipinski definition) is 0. The number of anilines is 1. The summed E-state index contributed by atoms with van der Waals surface area (Å²) in [5.41, 5.74) is 0.985. The normalized spacial score (nSPS) is 26.2. The van der Waals surface area contributed by atoms with E-state index in [-0.39, 0.29) is 5.82 Å². The minimum Gasteiger partial charge on any atom is -0.494 e. The number of methoxy groups -OCH3 is 1. The third kappa shape index (κ3) is 2.73. The Morgan fingerprint density at radius 3 is 2.76 bits per heavy atom. The summed E-state index contributed by atoms with van der Waals surface area (Å²) in [5, 5.41) is 0. The minimum atomic E-state index is -0.272. The van der Waals surface area contributed by atoms with Crippen molar-refractivity contribution in [3.63, 3.8) is 0 Å². The van der Waals surface area contributed by atoms with Gasteiger partial charge in [0.1, 0.15) is 0 Å². The SMILES string of the molecule is COc1ccc(N2CC3CCCN3CC2C(C)C)cc1F. The molecule has 0 aliphatic carbocycles. The van der Waals surface area contributed by atoms with E-state index in [2.05, 4.69) is 23.6 Å². The molecule has 2 aliphatic rings. The summed E-state index contributed by atoms with van der Waals surface area (Å²) >= 11 is 0. The molecule has 0 saturated carbocycles. The Morgan fingerprint density at radius 1 is 1.29 bits per heavy atom. The van der Waals surface area contributed by atoms with Gasteiger partial charge in [-0.25, -0.2) is 4.39 Å². The molecule has 21 heavy (non-hydrogen) atoms. The molecule has 2 heterocycles. The fourth-order valence-corrected chi connectivity index (χ4v) is 3.75. The van der Waals surface area contributed by atoms with E-state index in [0.717, 1.165) is 18.8 Å². The van der Waals surface area contributed by atoms with Crippen molar-refractivity contribution in [3.8, 4) is 5.75 Å². The summed E-state index contributed by atoms with van der Waals surface area (Å²) in [6, 6.07) is 6.43. The van der Waals surface area contributed by atoms with E-state index in [1.54, 1.807) is 12.1 Å². The molecule has 2 aliphatic heterocycles. The third-order valence-corrected chi connectivity index (χ3v) is 4.96. The van der Waals surface area contributed by atoms with Gasteiger partial charge in [-0.15, -0.1) is 0 Å². The van der Waals surface area contributed by atoms with Crippen molar-refractivity contribution in [3.05, 3.63) is 24.0 Å². The lowest BCUT2D eigenvalue weighted by Gasteiger charge is -2.46. The zero-order chi connectivity index (χ0) is 15.0. The number of ether oxygens (including phenoxy) is 1. The van der Waals surface area contributed by atoms with Crippen LogP contribution in [0.3, 0.4) is 0 Å². The van der Waals surface area contributed by atoms with Crippen LogP contribution in [0.1, 0.15) is 26.7 Å². The summed E-state index contributed by atoms with van der Waals surface area (Å²) in [4.78, 5) is 5.01. The number of halogens is 1. The monoisotopic (exact) mass is 292 g/mol. The highest BCUT2D eigenvalue weighted by molar-refractivity contribution is 5.51. The van der Waals surface area contributed by atoms with Crippen molar-refractivity contribution >= 4 is 5.69 Å². The van der Waals surface area contributed by atoms with Crippen LogP contribution in [-0.2, 0) is 0 Å². The van der Waals surface area contributed by atoms with Crippen molar-refractivity contribution in [2.24, 2.45) is 5.92 Å². The Morgan fingerprint density at radius 2 is 2.10 bits per heavy atom.